The van der Waals surface area contributed by atoms with E-state index in [0.29, 0.717) is 0 Å². The van der Waals surface area contributed by atoms with Gasteiger partial charge in [-0.1, -0.05) is 12.1 Å². The third-order valence-electron chi connectivity index (χ3n) is 3.34. The van der Waals surface area contributed by atoms with Crippen LogP contribution in [0.15, 0.2) is 23.1 Å². The summed E-state index contributed by atoms with van der Waals surface area (Å²) in [4.78, 5) is 33.6. The number of sulfonamides is 1. The molecule has 31 heavy (non-hydrogen) atoms. The molecule has 4 N–H and O–H groups in total. The van der Waals surface area contributed by atoms with Gasteiger partial charge in [0.25, 0.3) is 10.0 Å². The molecule has 0 atom stereocenters. The van der Waals surface area contributed by atoms with Crippen LogP contribution in [-0.2, 0) is 14.8 Å². The average Bonchev–Trinajstić information content (AvgIpc) is 2.63. The lowest BCUT2D eigenvalue weighted by molar-refractivity contribution is -0.154. The van der Waals surface area contributed by atoms with E-state index in [1.54, 1.807) is 4.72 Å². The Morgan fingerprint density at radius 3 is 2.48 bits per heavy atom. The number of nitrogens with two attached hydrogens (primary N) is 1. The fourth-order valence-corrected chi connectivity index (χ4v) is 3.55. The number of nitrogen functional groups attached to an aromatic ring is 1. The van der Waals surface area contributed by atoms with E-state index in [0.717, 1.165) is 7.11 Å². The highest BCUT2D eigenvalue weighted by Crippen LogP contribution is 2.21. The second-order valence-electron chi connectivity index (χ2n) is 5.71. The molecule has 0 saturated carbocycles. The van der Waals surface area contributed by atoms with E-state index in [1.165, 1.54) is 25.1 Å². The summed E-state index contributed by atoms with van der Waals surface area (Å²) in [5.74, 6) is -2.24. The van der Waals surface area contributed by atoms with Crippen LogP contribution in [0.3, 0.4) is 0 Å². The van der Waals surface area contributed by atoms with Gasteiger partial charge >= 0.3 is 24.2 Å². The molecule has 2 aromatic rings. The van der Waals surface area contributed by atoms with Crippen LogP contribution in [0.4, 0.5) is 29.9 Å². The zero-order valence-corrected chi connectivity index (χ0v) is 16.7. The number of aromatic nitrogens is 3. The van der Waals surface area contributed by atoms with Gasteiger partial charge in [0, 0.05) is 0 Å². The minimum Gasteiger partial charge on any atom is -0.465 e. The molecule has 1 aromatic carbocycles. The first kappa shape index (κ1) is 23.6. The maximum Gasteiger partial charge on any atom is 0.422 e. The van der Waals surface area contributed by atoms with Crippen molar-refractivity contribution in [2.45, 2.75) is 18.0 Å². The molecule has 0 aliphatic heterocycles. The van der Waals surface area contributed by atoms with Crippen LogP contribution < -0.4 is 20.5 Å². The molecule has 0 spiro atoms. The predicted octanol–water partition coefficient (Wildman–Crippen LogP) is 1.00. The number of hydrogen-bond donors (Lipinski definition) is 3. The van der Waals surface area contributed by atoms with E-state index < -0.39 is 57.6 Å². The summed E-state index contributed by atoms with van der Waals surface area (Å²) in [5.41, 5.74) is 5.13. The van der Waals surface area contributed by atoms with Crippen molar-refractivity contribution in [1.82, 2.24) is 19.7 Å². The zero-order chi connectivity index (χ0) is 23.4. The molecule has 1 aromatic heterocycles. The molecule has 0 radical (unpaired) electrons. The lowest BCUT2D eigenvalue weighted by Crippen LogP contribution is -2.36. The maximum absolute atomic E-state index is 12.6. The van der Waals surface area contributed by atoms with Crippen LogP contribution in [0.25, 0.3) is 0 Å². The minimum atomic E-state index is -4.69. The van der Waals surface area contributed by atoms with E-state index in [2.05, 4.69) is 24.4 Å². The first-order chi connectivity index (χ1) is 14.3. The lowest BCUT2D eigenvalue weighted by Gasteiger charge is -2.13. The summed E-state index contributed by atoms with van der Waals surface area (Å²) in [6, 6.07) is 1.73. The molecule has 2 amide bonds. The first-order valence-corrected chi connectivity index (χ1v) is 9.53. The summed E-state index contributed by atoms with van der Waals surface area (Å²) < 4.78 is 72.5. The SMILES string of the molecule is COC(=O)c1cccc(C)c1S(=O)(=O)NC(=O)Nc1nc(N)nc(OCC(F)(F)F)n1. The van der Waals surface area contributed by atoms with Gasteiger partial charge in [-0.05, 0) is 18.6 Å². The Bertz CT molecular complexity index is 1110. The van der Waals surface area contributed by atoms with Crippen molar-refractivity contribution in [2.75, 3.05) is 24.8 Å². The molecular weight excluding hydrogens is 449 g/mol. The number of carbonyl (C=O) groups excluding carboxylic acids is 2. The predicted molar refractivity (Wildman–Crippen MR) is 97.6 cm³/mol. The van der Waals surface area contributed by atoms with Crippen molar-refractivity contribution in [2.24, 2.45) is 0 Å². The number of anilines is 2. The van der Waals surface area contributed by atoms with Gasteiger partial charge in [-0.25, -0.2) is 22.7 Å². The zero-order valence-electron chi connectivity index (χ0n) is 15.8. The molecule has 0 saturated heterocycles. The molecular formula is C15H15F3N6O6S. The van der Waals surface area contributed by atoms with Crippen LogP contribution in [0, 0.1) is 6.92 Å². The number of ether oxygens (including phenoxy) is 2. The Labute approximate surface area is 173 Å². The number of alkyl halides is 3. The van der Waals surface area contributed by atoms with Crippen LogP contribution in [-0.4, -0.2) is 55.3 Å². The van der Waals surface area contributed by atoms with Gasteiger partial charge in [0.15, 0.2) is 6.61 Å². The summed E-state index contributed by atoms with van der Waals surface area (Å²) in [6.07, 6.45) is -4.69. The number of rotatable bonds is 6. The monoisotopic (exact) mass is 464 g/mol. The van der Waals surface area contributed by atoms with Crippen LogP contribution >= 0.6 is 0 Å². The quantitative estimate of drug-likeness (QED) is 0.523. The number of methoxy groups -OCH3 is 1. The van der Waals surface area contributed by atoms with Gasteiger partial charge in [0.1, 0.15) is 4.90 Å². The van der Waals surface area contributed by atoms with Crippen LogP contribution in [0.2, 0.25) is 0 Å². The van der Waals surface area contributed by atoms with Crippen molar-refractivity contribution < 1.29 is 40.7 Å². The minimum absolute atomic E-state index is 0.135. The number of nitrogens with one attached hydrogen (secondary N) is 2. The number of aryl methyl sites for hydroxylation is 1. The number of hydrogen-bond acceptors (Lipinski definition) is 10. The van der Waals surface area contributed by atoms with Crippen molar-refractivity contribution >= 4 is 33.9 Å². The van der Waals surface area contributed by atoms with E-state index in [4.69, 9.17) is 5.73 Å². The molecule has 0 fully saturated rings. The molecule has 0 unspecified atom stereocenters. The molecule has 168 valence electrons. The normalized spacial score (nSPS) is 11.5. The fourth-order valence-electron chi connectivity index (χ4n) is 2.22. The topological polar surface area (TPSA) is 175 Å². The summed E-state index contributed by atoms with van der Waals surface area (Å²) in [6.45, 7) is -0.351. The summed E-state index contributed by atoms with van der Waals surface area (Å²) in [7, 11) is -3.54. The second-order valence-corrected chi connectivity index (χ2v) is 7.33. The second kappa shape index (κ2) is 8.99. The van der Waals surface area contributed by atoms with E-state index in [9.17, 15) is 31.2 Å². The Kier molecular flexibility index (Phi) is 6.84. The van der Waals surface area contributed by atoms with Crippen molar-refractivity contribution in [3.63, 3.8) is 0 Å². The highest BCUT2D eigenvalue weighted by molar-refractivity contribution is 7.90. The van der Waals surface area contributed by atoms with E-state index in [-0.39, 0.29) is 11.1 Å². The van der Waals surface area contributed by atoms with Gasteiger partial charge in [0.2, 0.25) is 11.9 Å². The number of urea groups is 1. The smallest absolute Gasteiger partial charge is 0.422 e. The van der Waals surface area contributed by atoms with E-state index >= 15 is 0 Å². The Balaban J connectivity index is 2.23. The van der Waals surface area contributed by atoms with Crippen LogP contribution in [0.1, 0.15) is 15.9 Å². The van der Waals surface area contributed by atoms with Crippen molar-refractivity contribution in [3.8, 4) is 6.01 Å². The lowest BCUT2D eigenvalue weighted by atomic mass is 10.1. The molecule has 2 rings (SSSR count). The standard InChI is InChI=1S/C15H15F3N6O6S/c1-7-4-3-5-8(10(25)29-2)9(7)31(27,28)24-13(26)22-12-20-11(19)21-14(23-12)30-6-15(16,17)18/h3-5H,6H2,1-2H3,(H4,19,20,21,22,23,24,26). The van der Waals surface area contributed by atoms with Crippen molar-refractivity contribution in [3.05, 3.63) is 29.3 Å². The first-order valence-electron chi connectivity index (χ1n) is 8.05. The average molecular weight is 464 g/mol. The number of halogens is 3. The highest BCUT2D eigenvalue weighted by atomic mass is 32.2. The molecule has 12 nitrogen and oxygen atoms in total. The summed E-state index contributed by atoms with van der Waals surface area (Å²) in [5, 5.41) is 1.88. The number of carbonyl (C=O) groups is 2. The number of esters is 1. The molecule has 0 aliphatic carbocycles. The molecule has 16 heteroatoms. The van der Waals surface area contributed by atoms with Gasteiger partial charge in [-0.2, -0.15) is 28.1 Å². The molecule has 1 heterocycles. The fraction of sp³-hybridized carbons (Fsp3) is 0.267. The number of nitrogens with zero attached hydrogens (tertiary/aromatic N) is 3. The number of amides is 2. The highest BCUT2D eigenvalue weighted by Gasteiger charge is 2.30. The van der Waals surface area contributed by atoms with Crippen LogP contribution in [0.5, 0.6) is 6.01 Å². The molecule has 0 aliphatic rings. The largest absolute Gasteiger partial charge is 0.465 e. The summed E-state index contributed by atoms with van der Waals surface area (Å²) >= 11 is 0. The Hall–Kier alpha value is -3.69. The van der Waals surface area contributed by atoms with Gasteiger partial charge < -0.3 is 15.2 Å². The van der Waals surface area contributed by atoms with Gasteiger partial charge in [-0.15, -0.1) is 0 Å². The molecule has 0 bridgehead atoms. The van der Waals surface area contributed by atoms with Crippen molar-refractivity contribution in [1.29, 1.82) is 0 Å². The third-order valence-corrected chi connectivity index (χ3v) is 4.87. The Morgan fingerprint density at radius 1 is 1.19 bits per heavy atom. The maximum atomic E-state index is 12.6. The van der Waals surface area contributed by atoms with Gasteiger partial charge in [0.05, 0.1) is 12.7 Å². The third kappa shape index (κ3) is 6.39. The Morgan fingerprint density at radius 2 is 1.87 bits per heavy atom. The number of benzene rings is 1. The van der Waals surface area contributed by atoms with E-state index in [1.807, 2.05) is 5.32 Å². The van der Waals surface area contributed by atoms with Gasteiger partial charge in [-0.3, -0.25) is 5.32 Å².